The lowest BCUT2D eigenvalue weighted by molar-refractivity contribution is 0.0950. The number of nitrogens with one attached hydrogen (secondary N) is 1. The summed E-state index contributed by atoms with van der Waals surface area (Å²) in [6.07, 6.45) is 6.59. The summed E-state index contributed by atoms with van der Waals surface area (Å²) in [6, 6.07) is 4.06. The molecule has 0 saturated carbocycles. The number of nitrogens with two attached hydrogens (primary N) is 1. The number of benzene rings is 1. The molecule has 1 amide bonds. The summed E-state index contributed by atoms with van der Waals surface area (Å²) in [7, 11) is 0. The third-order valence-electron chi connectivity index (χ3n) is 4.02. The number of amides is 1. The van der Waals surface area contributed by atoms with Crippen molar-refractivity contribution in [1.29, 1.82) is 5.26 Å². The van der Waals surface area contributed by atoms with Crippen LogP contribution in [0.4, 0.5) is 15.8 Å². The van der Waals surface area contributed by atoms with E-state index >= 15 is 0 Å². The third kappa shape index (κ3) is 2.95. The van der Waals surface area contributed by atoms with E-state index < -0.39 is 11.9 Å². The summed E-state index contributed by atoms with van der Waals surface area (Å²) in [4.78, 5) is 21.7. The fourth-order valence-electron chi connectivity index (χ4n) is 2.75. The molecule has 0 spiro atoms. The van der Waals surface area contributed by atoms with Crippen LogP contribution in [0.2, 0.25) is 0 Å². The molecule has 3 N–H and O–H groups in total. The molecule has 0 saturated heterocycles. The van der Waals surface area contributed by atoms with Crippen LogP contribution >= 0.6 is 0 Å². The number of anilines is 2. The zero-order valence-electron chi connectivity index (χ0n) is 14.1. The molecule has 3 rings (SSSR count). The number of carbonyl (C=O) groups excluding carboxylic acids is 1. The molecule has 8 heteroatoms. The number of rotatable bonds is 4. The van der Waals surface area contributed by atoms with E-state index in [-0.39, 0.29) is 23.0 Å². The highest BCUT2D eigenvalue weighted by atomic mass is 19.1. The van der Waals surface area contributed by atoms with Gasteiger partial charge in [-0.15, -0.1) is 0 Å². The maximum atomic E-state index is 14.6. The summed E-state index contributed by atoms with van der Waals surface area (Å²) in [5, 5.41) is 12.9. The molecule has 1 unspecified atom stereocenters. The minimum absolute atomic E-state index is 0.0936. The van der Waals surface area contributed by atoms with E-state index in [0.717, 1.165) is 6.42 Å². The Morgan fingerprint density at radius 3 is 3.00 bits per heavy atom. The Kier molecular flexibility index (Phi) is 4.80. The molecule has 0 aliphatic carbocycles. The second kappa shape index (κ2) is 7.19. The van der Waals surface area contributed by atoms with Crippen LogP contribution in [-0.4, -0.2) is 29.7 Å². The van der Waals surface area contributed by atoms with Gasteiger partial charge in [0.15, 0.2) is 11.7 Å². The molecular weight excluding hydrogens is 335 g/mol. The van der Waals surface area contributed by atoms with Crippen molar-refractivity contribution in [3.63, 3.8) is 0 Å². The van der Waals surface area contributed by atoms with Gasteiger partial charge in [0, 0.05) is 42.1 Å². The van der Waals surface area contributed by atoms with E-state index in [9.17, 15) is 14.4 Å². The first-order valence-corrected chi connectivity index (χ1v) is 8.11. The molecule has 2 aromatic rings. The summed E-state index contributed by atoms with van der Waals surface area (Å²) in [5.74, 6) is -0.904. The molecule has 1 aromatic heterocycles. The molecule has 0 bridgehead atoms. The van der Waals surface area contributed by atoms with Gasteiger partial charge in [-0.25, -0.2) is 9.37 Å². The minimum Gasteiger partial charge on any atom is -0.396 e. The largest absolute Gasteiger partial charge is 0.396 e. The van der Waals surface area contributed by atoms with Crippen molar-refractivity contribution in [1.82, 2.24) is 10.3 Å². The van der Waals surface area contributed by atoms with Crippen LogP contribution in [0.5, 0.6) is 0 Å². The number of halogens is 1. The molecule has 0 fully saturated rings. The first kappa shape index (κ1) is 17.4. The Labute approximate surface area is 149 Å². The van der Waals surface area contributed by atoms with Gasteiger partial charge in [-0.05, 0) is 18.6 Å². The Balaban J connectivity index is 2.14. The molecule has 0 radical (unpaired) electrons. The Morgan fingerprint density at radius 1 is 1.46 bits per heavy atom. The normalized spacial score (nSPS) is 15.9. The highest BCUT2D eigenvalue weighted by Gasteiger charge is 2.24. The average Bonchev–Trinajstić information content (AvgIpc) is 2.66. The van der Waals surface area contributed by atoms with Crippen LogP contribution in [-0.2, 0) is 0 Å². The van der Waals surface area contributed by atoms with Crippen molar-refractivity contribution in [3.05, 3.63) is 42.2 Å². The molecule has 132 valence electrons. The van der Waals surface area contributed by atoms with Crippen LogP contribution in [0.15, 0.2) is 35.7 Å². The van der Waals surface area contributed by atoms with Gasteiger partial charge in [-0.1, -0.05) is 6.92 Å². The van der Waals surface area contributed by atoms with Gasteiger partial charge in [0.25, 0.3) is 5.91 Å². The maximum Gasteiger partial charge on any atom is 0.272 e. The van der Waals surface area contributed by atoms with E-state index in [1.807, 2.05) is 6.92 Å². The van der Waals surface area contributed by atoms with Crippen molar-refractivity contribution in [3.8, 4) is 6.07 Å². The summed E-state index contributed by atoms with van der Waals surface area (Å²) in [6.45, 7) is 2.45. The number of nitriles is 1. The zero-order valence-corrected chi connectivity index (χ0v) is 14.1. The SMILES string of the molecule is CCCNC(=O)c1ncc2c(N3C=CN=CC3C#N)c(F)ccc2c1N. The van der Waals surface area contributed by atoms with Crippen molar-refractivity contribution >= 4 is 34.3 Å². The highest BCUT2D eigenvalue weighted by molar-refractivity contribution is 6.09. The molecule has 1 aliphatic rings. The maximum absolute atomic E-state index is 14.6. The number of aromatic nitrogens is 1. The third-order valence-corrected chi connectivity index (χ3v) is 4.02. The van der Waals surface area contributed by atoms with E-state index in [0.29, 0.717) is 17.3 Å². The van der Waals surface area contributed by atoms with Gasteiger partial charge in [0.05, 0.1) is 17.4 Å². The number of nitrogens with zero attached hydrogens (tertiary/aromatic N) is 4. The number of hydrogen-bond acceptors (Lipinski definition) is 6. The first-order chi connectivity index (χ1) is 12.6. The number of pyridine rings is 1. The fraction of sp³-hybridized carbons (Fsp3) is 0.222. The van der Waals surface area contributed by atoms with Gasteiger partial charge in [-0.2, -0.15) is 5.26 Å². The van der Waals surface area contributed by atoms with Crippen molar-refractivity contribution in [2.75, 3.05) is 17.2 Å². The molecule has 1 aromatic carbocycles. The lowest BCUT2D eigenvalue weighted by Gasteiger charge is -2.26. The van der Waals surface area contributed by atoms with Gasteiger partial charge in [0.1, 0.15) is 5.82 Å². The van der Waals surface area contributed by atoms with Crippen LogP contribution in [0.3, 0.4) is 0 Å². The van der Waals surface area contributed by atoms with Crippen LogP contribution in [0.25, 0.3) is 10.8 Å². The summed E-state index contributed by atoms with van der Waals surface area (Å²) >= 11 is 0. The Bertz CT molecular complexity index is 962. The Hall–Kier alpha value is -3.47. The molecule has 1 atom stereocenters. The first-order valence-electron chi connectivity index (χ1n) is 8.11. The quantitative estimate of drug-likeness (QED) is 0.878. The lowest BCUT2D eigenvalue weighted by Crippen LogP contribution is -2.33. The Morgan fingerprint density at radius 2 is 2.27 bits per heavy atom. The highest BCUT2D eigenvalue weighted by Crippen LogP contribution is 2.35. The number of nitrogen functional groups attached to an aromatic ring is 1. The number of hydrogen-bond donors (Lipinski definition) is 2. The molecule has 7 nitrogen and oxygen atoms in total. The lowest BCUT2D eigenvalue weighted by atomic mass is 10.1. The molecule has 26 heavy (non-hydrogen) atoms. The predicted molar refractivity (Wildman–Crippen MR) is 98.2 cm³/mol. The molecular formula is C18H17FN6O. The molecule has 1 aliphatic heterocycles. The topological polar surface area (TPSA) is 107 Å². The van der Waals surface area contributed by atoms with Gasteiger partial charge in [0.2, 0.25) is 0 Å². The van der Waals surface area contributed by atoms with E-state index in [1.165, 1.54) is 41.8 Å². The summed E-state index contributed by atoms with van der Waals surface area (Å²) < 4.78 is 14.6. The monoisotopic (exact) mass is 352 g/mol. The van der Waals surface area contributed by atoms with Crippen molar-refractivity contribution in [2.24, 2.45) is 4.99 Å². The van der Waals surface area contributed by atoms with Gasteiger partial charge in [-0.3, -0.25) is 9.79 Å². The van der Waals surface area contributed by atoms with Crippen molar-refractivity contribution in [2.45, 2.75) is 19.4 Å². The molecule has 2 heterocycles. The zero-order chi connectivity index (χ0) is 18.7. The van der Waals surface area contributed by atoms with Gasteiger partial charge < -0.3 is 16.0 Å². The number of fused-ring (bicyclic) bond motifs is 1. The van der Waals surface area contributed by atoms with E-state index in [4.69, 9.17) is 5.73 Å². The van der Waals surface area contributed by atoms with E-state index in [1.54, 1.807) is 0 Å². The summed E-state index contributed by atoms with van der Waals surface area (Å²) in [5.41, 5.74) is 6.56. The smallest absolute Gasteiger partial charge is 0.272 e. The van der Waals surface area contributed by atoms with E-state index in [2.05, 4.69) is 21.4 Å². The second-order valence-corrected chi connectivity index (χ2v) is 5.71. The van der Waals surface area contributed by atoms with Crippen LogP contribution in [0.1, 0.15) is 23.8 Å². The van der Waals surface area contributed by atoms with Crippen LogP contribution < -0.4 is 16.0 Å². The van der Waals surface area contributed by atoms with Gasteiger partial charge >= 0.3 is 0 Å². The van der Waals surface area contributed by atoms with Crippen LogP contribution in [0, 0.1) is 17.1 Å². The predicted octanol–water partition coefficient (Wildman–Crippen LogP) is 2.35. The average molecular weight is 352 g/mol. The number of aliphatic imine (C=N–C) groups is 1. The number of carbonyl (C=O) groups is 1. The fourth-order valence-corrected chi connectivity index (χ4v) is 2.75. The second-order valence-electron chi connectivity index (χ2n) is 5.71. The standard InChI is InChI=1S/C18H17FN6O/c1-2-5-23-18(26)16-15(21)12-3-4-14(19)17(13(12)10-24-16)25-7-6-22-9-11(25)8-20/h3-4,6-7,9-11H,2,5,21H2,1H3,(H,23,26). The van der Waals surface area contributed by atoms with Crippen molar-refractivity contribution < 1.29 is 9.18 Å². The minimum atomic E-state index is -0.756.